The number of benzene rings is 1. The molecule has 2 nitrogen and oxygen atoms in total. The maximum Gasteiger partial charge on any atom is 0.225 e. The molecule has 0 aliphatic heterocycles. The highest BCUT2D eigenvalue weighted by molar-refractivity contribution is 9.09. The summed E-state index contributed by atoms with van der Waals surface area (Å²) >= 11 is 9.29. The first-order valence-electron chi connectivity index (χ1n) is 6.21. The third kappa shape index (κ3) is 4.77. The van der Waals surface area contributed by atoms with E-state index in [1.165, 1.54) is 12.1 Å². The Morgan fingerprint density at radius 2 is 2.21 bits per heavy atom. The Balaban J connectivity index is 2.75. The molecule has 0 saturated carbocycles. The van der Waals surface area contributed by atoms with Crippen LogP contribution in [0.3, 0.4) is 0 Å². The van der Waals surface area contributed by atoms with Crippen molar-refractivity contribution in [1.29, 1.82) is 0 Å². The van der Waals surface area contributed by atoms with Crippen LogP contribution in [-0.2, 0) is 11.2 Å². The molecule has 1 aromatic rings. The summed E-state index contributed by atoms with van der Waals surface area (Å²) in [5.74, 6) is -0.654. The Morgan fingerprint density at radius 1 is 1.53 bits per heavy atom. The molecule has 1 rings (SSSR count). The van der Waals surface area contributed by atoms with Crippen LogP contribution < -0.4 is 5.32 Å². The zero-order valence-corrected chi connectivity index (χ0v) is 13.4. The maximum atomic E-state index is 13.6. The van der Waals surface area contributed by atoms with Crippen LogP contribution >= 0.6 is 27.5 Å². The molecular weight excluding hydrogens is 333 g/mol. The molecule has 106 valence electrons. The van der Waals surface area contributed by atoms with Crippen molar-refractivity contribution in [2.75, 3.05) is 5.33 Å². The summed E-state index contributed by atoms with van der Waals surface area (Å²) in [6.07, 6.45) is 1.60. The third-order valence-corrected chi connectivity index (χ3v) is 4.02. The second kappa shape index (κ2) is 7.25. The Morgan fingerprint density at radius 3 is 2.74 bits per heavy atom. The molecule has 0 radical (unpaired) electrons. The molecule has 1 unspecified atom stereocenters. The average Bonchev–Trinajstić information content (AvgIpc) is 2.34. The van der Waals surface area contributed by atoms with Crippen molar-refractivity contribution in [1.82, 2.24) is 5.32 Å². The van der Waals surface area contributed by atoms with Crippen molar-refractivity contribution < 1.29 is 9.18 Å². The van der Waals surface area contributed by atoms with Gasteiger partial charge in [0.05, 0.1) is 6.42 Å². The average molecular weight is 351 g/mol. The normalized spacial score (nSPS) is 13.9. The third-order valence-electron chi connectivity index (χ3n) is 3.27. The second-order valence-corrected chi connectivity index (χ2v) is 5.98. The topological polar surface area (TPSA) is 29.1 Å². The fraction of sp³-hybridized carbons (Fsp3) is 0.500. The molecule has 19 heavy (non-hydrogen) atoms. The van der Waals surface area contributed by atoms with Gasteiger partial charge in [-0.2, -0.15) is 0 Å². The summed E-state index contributed by atoms with van der Waals surface area (Å²) in [6.45, 7) is 3.99. The second-order valence-electron chi connectivity index (χ2n) is 4.78. The van der Waals surface area contributed by atoms with Crippen LogP contribution in [0.2, 0.25) is 5.02 Å². The standard InChI is InChI=1S/C14H18BrClFNO/c1-3-14(2,7-8-15)18-13(19)9-10-11(16)5-4-6-12(10)17/h4-6H,3,7-9H2,1-2H3,(H,18,19). The summed E-state index contributed by atoms with van der Waals surface area (Å²) in [5, 5.41) is 4.04. The van der Waals surface area contributed by atoms with E-state index in [-0.39, 0.29) is 28.5 Å². The molecular formula is C14H18BrClFNO. The van der Waals surface area contributed by atoms with E-state index in [1.807, 2.05) is 13.8 Å². The molecule has 1 amide bonds. The summed E-state index contributed by atoms with van der Waals surface area (Å²) in [6, 6.07) is 4.43. The quantitative estimate of drug-likeness (QED) is 0.769. The molecule has 0 aliphatic carbocycles. The summed E-state index contributed by atoms with van der Waals surface area (Å²) in [4.78, 5) is 12.0. The van der Waals surface area contributed by atoms with Crippen LogP contribution in [-0.4, -0.2) is 16.8 Å². The van der Waals surface area contributed by atoms with Gasteiger partial charge < -0.3 is 5.32 Å². The van der Waals surface area contributed by atoms with Crippen LogP contribution in [0.4, 0.5) is 4.39 Å². The van der Waals surface area contributed by atoms with Crippen LogP contribution in [0.25, 0.3) is 0 Å². The molecule has 0 fully saturated rings. The van der Waals surface area contributed by atoms with Gasteiger partial charge >= 0.3 is 0 Å². The summed E-state index contributed by atoms with van der Waals surface area (Å²) in [7, 11) is 0. The molecule has 1 aromatic carbocycles. The number of amides is 1. The number of alkyl halides is 1. The fourth-order valence-corrected chi connectivity index (χ4v) is 2.88. The van der Waals surface area contributed by atoms with Gasteiger partial charge in [0.25, 0.3) is 0 Å². The molecule has 0 spiro atoms. The van der Waals surface area contributed by atoms with Crippen LogP contribution in [0.1, 0.15) is 32.3 Å². The number of hydrogen-bond donors (Lipinski definition) is 1. The number of halogens is 3. The minimum atomic E-state index is -0.443. The molecule has 0 saturated heterocycles. The highest BCUT2D eigenvalue weighted by atomic mass is 79.9. The molecule has 0 aliphatic rings. The smallest absolute Gasteiger partial charge is 0.225 e. The molecule has 1 atom stereocenters. The molecule has 0 heterocycles. The van der Waals surface area contributed by atoms with Gasteiger partial charge in [-0.1, -0.05) is 40.5 Å². The number of carbonyl (C=O) groups is 1. The van der Waals surface area contributed by atoms with Crippen LogP contribution in [0.15, 0.2) is 18.2 Å². The van der Waals surface area contributed by atoms with Gasteiger partial charge in [-0.15, -0.1) is 0 Å². The first-order chi connectivity index (χ1) is 8.91. The van der Waals surface area contributed by atoms with E-state index in [9.17, 15) is 9.18 Å². The van der Waals surface area contributed by atoms with E-state index in [0.717, 1.165) is 18.2 Å². The number of hydrogen-bond acceptors (Lipinski definition) is 1. The van der Waals surface area contributed by atoms with Gasteiger partial charge in [-0.25, -0.2) is 4.39 Å². The van der Waals surface area contributed by atoms with E-state index in [1.54, 1.807) is 6.07 Å². The van der Waals surface area contributed by atoms with Gasteiger partial charge in [0, 0.05) is 21.5 Å². The van der Waals surface area contributed by atoms with E-state index in [4.69, 9.17) is 11.6 Å². The largest absolute Gasteiger partial charge is 0.351 e. The molecule has 0 aromatic heterocycles. The van der Waals surface area contributed by atoms with Gasteiger partial charge in [0.1, 0.15) is 5.82 Å². The summed E-state index contributed by atoms with van der Waals surface area (Å²) in [5.41, 5.74) is -0.0304. The zero-order chi connectivity index (χ0) is 14.5. The van der Waals surface area contributed by atoms with E-state index >= 15 is 0 Å². The van der Waals surface area contributed by atoms with Crippen molar-refractivity contribution in [3.05, 3.63) is 34.6 Å². The first kappa shape index (κ1) is 16.4. The lowest BCUT2D eigenvalue weighted by molar-refractivity contribution is -0.122. The molecule has 1 N–H and O–H groups in total. The SMILES string of the molecule is CCC(C)(CCBr)NC(=O)Cc1c(F)cccc1Cl. The maximum absolute atomic E-state index is 13.6. The van der Waals surface area contributed by atoms with Crippen LogP contribution in [0, 0.1) is 5.82 Å². The van der Waals surface area contributed by atoms with E-state index < -0.39 is 5.82 Å². The number of nitrogens with one attached hydrogen (secondary N) is 1. The van der Waals surface area contributed by atoms with Gasteiger partial charge in [-0.05, 0) is 31.9 Å². The Labute approximate surface area is 126 Å². The minimum absolute atomic E-state index is 0.0383. The summed E-state index contributed by atoms with van der Waals surface area (Å²) < 4.78 is 13.6. The van der Waals surface area contributed by atoms with Crippen molar-refractivity contribution >= 4 is 33.4 Å². The van der Waals surface area contributed by atoms with E-state index in [2.05, 4.69) is 21.2 Å². The fourth-order valence-electron chi connectivity index (χ4n) is 1.78. The Hall–Kier alpha value is -0.610. The first-order valence-corrected chi connectivity index (χ1v) is 7.71. The molecule has 5 heteroatoms. The van der Waals surface area contributed by atoms with Crippen molar-refractivity contribution in [2.24, 2.45) is 0 Å². The van der Waals surface area contributed by atoms with Gasteiger partial charge in [0.2, 0.25) is 5.91 Å². The highest BCUT2D eigenvalue weighted by Crippen LogP contribution is 2.21. The monoisotopic (exact) mass is 349 g/mol. The zero-order valence-electron chi connectivity index (χ0n) is 11.1. The van der Waals surface area contributed by atoms with Gasteiger partial charge in [0.15, 0.2) is 0 Å². The van der Waals surface area contributed by atoms with E-state index in [0.29, 0.717) is 0 Å². The van der Waals surface area contributed by atoms with Crippen molar-refractivity contribution in [3.8, 4) is 0 Å². The van der Waals surface area contributed by atoms with Crippen molar-refractivity contribution in [2.45, 2.75) is 38.6 Å². The lowest BCUT2D eigenvalue weighted by atomic mass is 9.95. The Bertz CT molecular complexity index is 435. The lowest BCUT2D eigenvalue weighted by Gasteiger charge is -2.29. The van der Waals surface area contributed by atoms with Crippen LogP contribution in [0.5, 0.6) is 0 Å². The van der Waals surface area contributed by atoms with Crippen molar-refractivity contribution in [3.63, 3.8) is 0 Å². The number of carbonyl (C=O) groups excluding carboxylic acids is 1. The minimum Gasteiger partial charge on any atom is -0.351 e. The highest BCUT2D eigenvalue weighted by Gasteiger charge is 2.24. The lowest BCUT2D eigenvalue weighted by Crippen LogP contribution is -2.46. The predicted octanol–water partition coefficient (Wildman–Crippen LogP) is 4.09. The Kier molecular flexibility index (Phi) is 6.27. The predicted molar refractivity (Wildman–Crippen MR) is 80.4 cm³/mol. The number of rotatable bonds is 6. The molecule has 0 bridgehead atoms. The van der Waals surface area contributed by atoms with Gasteiger partial charge in [-0.3, -0.25) is 4.79 Å².